The monoisotopic (exact) mass is 470 g/mol. The molecule has 0 aromatic rings. The van der Waals surface area contributed by atoms with Gasteiger partial charge in [0.05, 0.1) is 6.17 Å². The van der Waals surface area contributed by atoms with Gasteiger partial charge in [-0.05, 0) is 37.0 Å². The van der Waals surface area contributed by atoms with Crippen LogP contribution in [0.2, 0.25) is 0 Å². The molecule has 0 radical (unpaired) electrons. The number of hydrogen-bond donors (Lipinski definition) is 4. The molecule has 5 aliphatic rings. The first-order valence-corrected chi connectivity index (χ1v) is 13.2. The number of rotatable bonds is 3. The van der Waals surface area contributed by atoms with Crippen LogP contribution in [0.3, 0.4) is 0 Å². The maximum absolute atomic E-state index is 16.3. The molecule has 0 aromatic heterocycles. The van der Waals surface area contributed by atoms with Crippen molar-refractivity contribution in [1.82, 2.24) is 31.3 Å². The normalized spacial score (nSPS) is 47.7. The minimum atomic E-state index is -0.935. The number of nitrogens with zero attached hydrogens (tertiary/aromatic N) is 2. The fourth-order valence-electron chi connectivity index (χ4n) is 7.56. The molecular weight excluding hydrogens is 431 g/mol. The molecule has 3 heterocycles. The zero-order valence-electron chi connectivity index (χ0n) is 19.4. The van der Waals surface area contributed by atoms with Crippen molar-refractivity contribution in [1.29, 1.82) is 0 Å². The predicted molar refractivity (Wildman–Crippen MR) is 124 cm³/mol. The summed E-state index contributed by atoms with van der Waals surface area (Å²) in [6.07, 6.45) is 2.87. The van der Waals surface area contributed by atoms with Crippen LogP contribution in [0.4, 0.5) is 4.39 Å². The van der Waals surface area contributed by atoms with Crippen molar-refractivity contribution in [2.75, 3.05) is 39.4 Å². The summed E-state index contributed by atoms with van der Waals surface area (Å²) in [5, 5.41) is 6.92. The Morgan fingerprint density at radius 2 is 1.88 bits per heavy atom. The molecular formula is C23H40ClFN6O. The summed E-state index contributed by atoms with van der Waals surface area (Å²) >= 11 is 7.07. The van der Waals surface area contributed by atoms with Crippen molar-refractivity contribution < 1.29 is 9.18 Å². The van der Waals surface area contributed by atoms with Gasteiger partial charge in [-0.2, -0.15) is 0 Å². The van der Waals surface area contributed by atoms with E-state index >= 15 is 4.39 Å². The summed E-state index contributed by atoms with van der Waals surface area (Å²) in [7, 11) is 0. The molecule has 182 valence electrons. The van der Waals surface area contributed by atoms with E-state index in [1.54, 1.807) is 0 Å². The van der Waals surface area contributed by atoms with Crippen molar-refractivity contribution in [3.05, 3.63) is 0 Å². The van der Waals surface area contributed by atoms with E-state index in [1.807, 2.05) is 11.8 Å². The third-order valence-electron chi connectivity index (χ3n) is 9.18. The number of piperazine rings is 1. The Hall–Kier alpha value is -0.510. The SMILES string of the molecule is CCC(=O)N1CCN(C2NCNC3C(F)C(C4C(C)CCC5NNCC54)C(Cl)CC32)CC1. The summed E-state index contributed by atoms with van der Waals surface area (Å²) in [6, 6.07) is 0.285. The highest BCUT2D eigenvalue weighted by molar-refractivity contribution is 6.21. The van der Waals surface area contributed by atoms with Gasteiger partial charge in [0, 0.05) is 75.1 Å². The van der Waals surface area contributed by atoms with Crippen LogP contribution in [0.5, 0.6) is 0 Å². The Morgan fingerprint density at radius 3 is 2.62 bits per heavy atom. The summed E-state index contributed by atoms with van der Waals surface area (Å²) in [5.74, 6) is 1.53. The predicted octanol–water partition coefficient (Wildman–Crippen LogP) is 1.11. The van der Waals surface area contributed by atoms with Gasteiger partial charge in [-0.1, -0.05) is 13.8 Å². The largest absolute Gasteiger partial charge is 0.340 e. The lowest BCUT2D eigenvalue weighted by Gasteiger charge is -2.55. The summed E-state index contributed by atoms with van der Waals surface area (Å²) in [5.41, 5.74) is 6.75. The number of fused-ring (bicyclic) bond motifs is 2. The smallest absolute Gasteiger partial charge is 0.222 e. The van der Waals surface area contributed by atoms with Crippen molar-refractivity contribution in [2.24, 2.45) is 29.6 Å². The van der Waals surface area contributed by atoms with Crippen LogP contribution in [0.1, 0.15) is 39.5 Å². The van der Waals surface area contributed by atoms with Gasteiger partial charge in [0.2, 0.25) is 5.91 Å². The molecule has 5 rings (SSSR count). The number of hydrogen-bond acceptors (Lipinski definition) is 6. The van der Waals surface area contributed by atoms with E-state index < -0.39 is 6.17 Å². The average molecular weight is 471 g/mol. The van der Waals surface area contributed by atoms with E-state index in [0.29, 0.717) is 36.9 Å². The molecule has 7 nitrogen and oxygen atoms in total. The molecule has 3 saturated heterocycles. The Kier molecular flexibility index (Phi) is 6.99. The summed E-state index contributed by atoms with van der Waals surface area (Å²) < 4.78 is 16.3. The van der Waals surface area contributed by atoms with E-state index in [2.05, 4.69) is 33.3 Å². The third kappa shape index (κ3) is 4.09. The fraction of sp³-hybridized carbons (Fsp3) is 0.957. The molecule has 2 aliphatic carbocycles. The first-order valence-electron chi connectivity index (χ1n) is 12.7. The van der Waals surface area contributed by atoms with Crippen LogP contribution in [0.15, 0.2) is 0 Å². The summed E-state index contributed by atoms with van der Waals surface area (Å²) in [6.45, 7) is 8.93. The Labute approximate surface area is 196 Å². The zero-order chi connectivity index (χ0) is 22.4. The second-order valence-electron chi connectivity index (χ2n) is 10.7. The molecule has 0 bridgehead atoms. The van der Waals surface area contributed by atoms with Gasteiger partial charge >= 0.3 is 0 Å². The van der Waals surface area contributed by atoms with Gasteiger partial charge in [0.25, 0.3) is 0 Å². The number of carbonyl (C=O) groups excluding carboxylic acids is 1. The van der Waals surface area contributed by atoms with Gasteiger partial charge < -0.3 is 4.90 Å². The van der Waals surface area contributed by atoms with Gasteiger partial charge in [0.15, 0.2) is 0 Å². The molecule has 1 amide bonds. The highest BCUT2D eigenvalue weighted by Gasteiger charge is 2.55. The maximum atomic E-state index is 16.3. The second-order valence-corrected chi connectivity index (χ2v) is 11.3. The number of nitrogens with one attached hydrogen (secondary N) is 4. The van der Waals surface area contributed by atoms with Crippen LogP contribution in [-0.4, -0.2) is 84.9 Å². The average Bonchev–Trinajstić information content (AvgIpc) is 3.28. The molecule has 5 fully saturated rings. The number of amides is 1. The number of halogens is 2. The highest BCUT2D eigenvalue weighted by Crippen LogP contribution is 2.49. The van der Waals surface area contributed by atoms with Gasteiger partial charge in [0.1, 0.15) is 6.17 Å². The molecule has 2 saturated carbocycles. The standard InChI is InChI=1S/C23H40ClFN6O/c1-3-18(32)30-6-8-31(9-7-30)23-14-10-16(24)20(21(25)22(14)26-12-27-23)19-13(2)4-5-17-15(19)11-28-29-17/h13-17,19-23,26-29H,3-12H2,1-2H3. The second kappa shape index (κ2) is 9.62. The van der Waals surface area contributed by atoms with E-state index in [-0.39, 0.29) is 35.3 Å². The molecule has 9 heteroatoms. The van der Waals surface area contributed by atoms with Crippen molar-refractivity contribution in [2.45, 2.75) is 69.3 Å². The highest BCUT2D eigenvalue weighted by atomic mass is 35.5. The minimum Gasteiger partial charge on any atom is -0.340 e. The quantitative estimate of drug-likeness (QED) is 0.463. The molecule has 0 spiro atoms. The molecule has 32 heavy (non-hydrogen) atoms. The van der Waals surface area contributed by atoms with Crippen molar-refractivity contribution in [3.63, 3.8) is 0 Å². The molecule has 4 N–H and O–H groups in total. The third-order valence-corrected chi connectivity index (χ3v) is 9.64. The van der Waals surface area contributed by atoms with Crippen molar-refractivity contribution >= 4 is 17.5 Å². The molecule has 10 atom stereocenters. The zero-order valence-corrected chi connectivity index (χ0v) is 20.2. The maximum Gasteiger partial charge on any atom is 0.222 e. The van der Waals surface area contributed by atoms with Gasteiger partial charge in [-0.3, -0.25) is 31.2 Å². The fourth-order valence-corrected chi connectivity index (χ4v) is 8.07. The Bertz CT molecular complexity index is 679. The first-order chi connectivity index (χ1) is 15.5. The van der Waals surface area contributed by atoms with Crippen LogP contribution >= 0.6 is 11.6 Å². The van der Waals surface area contributed by atoms with Gasteiger partial charge in [-0.25, -0.2) is 4.39 Å². The number of carbonyl (C=O) groups is 1. The lowest BCUT2D eigenvalue weighted by atomic mass is 9.59. The van der Waals surface area contributed by atoms with Crippen LogP contribution < -0.4 is 21.5 Å². The lowest BCUT2D eigenvalue weighted by molar-refractivity contribution is -0.133. The number of hydrazine groups is 1. The molecule has 10 unspecified atom stereocenters. The van der Waals surface area contributed by atoms with Crippen LogP contribution in [0, 0.1) is 29.6 Å². The van der Waals surface area contributed by atoms with Crippen LogP contribution in [0.25, 0.3) is 0 Å². The molecule has 0 aromatic carbocycles. The minimum absolute atomic E-state index is 0.104. The van der Waals surface area contributed by atoms with Gasteiger partial charge in [-0.15, -0.1) is 11.6 Å². The lowest BCUT2D eigenvalue weighted by Crippen LogP contribution is -2.71. The number of alkyl halides is 2. The van der Waals surface area contributed by atoms with E-state index in [0.717, 1.165) is 52.0 Å². The van der Waals surface area contributed by atoms with Crippen molar-refractivity contribution in [3.8, 4) is 0 Å². The van der Waals surface area contributed by atoms with E-state index in [4.69, 9.17) is 11.6 Å². The summed E-state index contributed by atoms with van der Waals surface area (Å²) in [4.78, 5) is 16.4. The van der Waals surface area contributed by atoms with E-state index in [9.17, 15) is 4.79 Å². The van der Waals surface area contributed by atoms with E-state index in [1.165, 1.54) is 0 Å². The first kappa shape index (κ1) is 23.2. The Morgan fingerprint density at radius 1 is 1.09 bits per heavy atom. The molecule has 3 aliphatic heterocycles. The topological polar surface area (TPSA) is 71.7 Å². The van der Waals surface area contributed by atoms with Crippen LogP contribution in [-0.2, 0) is 4.79 Å². The Balaban J connectivity index is 1.30.